The first-order valence-electron chi connectivity index (χ1n) is 11.7. The molecule has 2 aromatic carbocycles. The average molecular weight is 459 g/mol. The first-order chi connectivity index (χ1) is 16.3. The highest BCUT2D eigenvalue weighted by atomic mass is 19.1. The van der Waals surface area contributed by atoms with Gasteiger partial charge in [0.15, 0.2) is 0 Å². The molecule has 0 spiro atoms. The minimum Gasteiger partial charge on any atom is -0.481 e. The minimum absolute atomic E-state index is 0.174. The van der Waals surface area contributed by atoms with Crippen molar-refractivity contribution >= 4 is 27.8 Å². The third-order valence-electron chi connectivity index (χ3n) is 7.30. The predicted molar refractivity (Wildman–Crippen MR) is 128 cm³/mol. The van der Waals surface area contributed by atoms with Crippen LogP contribution >= 0.6 is 0 Å². The van der Waals surface area contributed by atoms with Gasteiger partial charge in [0.2, 0.25) is 0 Å². The van der Waals surface area contributed by atoms with Crippen LogP contribution in [0.1, 0.15) is 63.1 Å². The summed E-state index contributed by atoms with van der Waals surface area (Å²) in [5, 5.41) is 28.5. The molecule has 7 heteroatoms. The van der Waals surface area contributed by atoms with E-state index in [9.17, 15) is 19.6 Å². The van der Waals surface area contributed by atoms with Crippen molar-refractivity contribution in [3.05, 3.63) is 59.7 Å². The lowest BCUT2D eigenvalue weighted by molar-refractivity contribution is -0.142. The lowest BCUT2D eigenvalue weighted by atomic mass is 9.74. The van der Waals surface area contributed by atoms with Gasteiger partial charge in [-0.2, -0.15) is 10.4 Å². The van der Waals surface area contributed by atoms with E-state index in [0.29, 0.717) is 19.3 Å². The van der Waals surface area contributed by atoms with E-state index in [1.54, 1.807) is 18.3 Å². The lowest BCUT2D eigenvalue weighted by Gasteiger charge is -2.32. The third-order valence-corrected chi connectivity index (χ3v) is 7.30. The zero-order chi connectivity index (χ0) is 24.0. The van der Waals surface area contributed by atoms with Crippen LogP contribution in [0.25, 0.3) is 27.5 Å². The Morgan fingerprint density at radius 2 is 1.94 bits per heavy atom. The average Bonchev–Trinajstić information content (AvgIpc) is 3.40. The van der Waals surface area contributed by atoms with Gasteiger partial charge in [-0.3, -0.25) is 9.89 Å². The van der Waals surface area contributed by atoms with Gasteiger partial charge in [-0.1, -0.05) is 13.8 Å². The molecule has 5 rings (SSSR count). The molecular formula is C27H27FN4O2. The van der Waals surface area contributed by atoms with E-state index in [0.717, 1.165) is 46.0 Å². The molecule has 1 saturated carbocycles. The van der Waals surface area contributed by atoms with Crippen LogP contribution in [0.2, 0.25) is 0 Å². The molecule has 0 saturated heterocycles. The Balaban J connectivity index is 1.82. The molecule has 1 aliphatic rings. The summed E-state index contributed by atoms with van der Waals surface area (Å²) in [5.74, 6) is -1.16. The number of aliphatic carboxylic acids is 1. The molecule has 0 radical (unpaired) electrons. The standard InChI is InChI=1S/C27H27FN4O2/c1-27(2,11-12-29)25-24(16-3-5-17(6-4-16)26(33)34)21-14-22-18(15-30-31-22)13-23(21)32(25)20-9-7-19(28)8-10-20/h7-10,13-17H,3-6,11H2,1-2H3,(H,30,31)(H,33,34). The number of nitriles is 1. The molecule has 6 nitrogen and oxygen atoms in total. The second kappa shape index (κ2) is 8.28. The van der Waals surface area contributed by atoms with Gasteiger partial charge in [-0.25, -0.2) is 4.39 Å². The van der Waals surface area contributed by atoms with Gasteiger partial charge in [-0.15, -0.1) is 0 Å². The maximum Gasteiger partial charge on any atom is 0.306 e. The quantitative estimate of drug-likeness (QED) is 0.372. The zero-order valence-corrected chi connectivity index (χ0v) is 19.3. The second-order valence-corrected chi connectivity index (χ2v) is 10.0. The monoisotopic (exact) mass is 458 g/mol. The number of nitrogens with zero attached hydrogens (tertiary/aromatic N) is 3. The Bertz CT molecular complexity index is 1420. The molecule has 4 aromatic rings. The summed E-state index contributed by atoms with van der Waals surface area (Å²) in [6, 6.07) is 13.0. The van der Waals surface area contributed by atoms with Crippen LogP contribution in [0.15, 0.2) is 42.6 Å². The number of carboxylic acids is 1. The van der Waals surface area contributed by atoms with Crippen molar-refractivity contribution in [2.45, 2.75) is 57.3 Å². The van der Waals surface area contributed by atoms with Crippen LogP contribution < -0.4 is 0 Å². The molecular weight excluding hydrogens is 431 g/mol. The fraction of sp³-hybridized carbons (Fsp3) is 0.370. The second-order valence-electron chi connectivity index (χ2n) is 10.0. The van der Waals surface area contributed by atoms with Crippen LogP contribution in [-0.4, -0.2) is 25.8 Å². The highest BCUT2D eigenvalue weighted by molar-refractivity contribution is 5.99. The van der Waals surface area contributed by atoms with Crippen LogP contribution in [0.3, 0.4) is 0 Å². The number of aromatic nitrogens is 3. The first kappa shape index (κ1) is 22.1. The molecule has 0 unspecified atom stereocenters. The molecule has 2 N–H and O–H groups in total. The number of nitrogens with one attached hydrogen (secondary N) is 1. The van der Waals surface area contributed by atoms with E-state index in [4.69, 9.17) is 0 Å². The molecule has 0 aliphatic heterocycles. The number of aromatic amines is 1. The van der Waals surface area contributed by atoms with E-state index in [1.165, 1.54) is 17.7 Å². The Morgan fingerprint density at radius 1 is 1.24 bits per heavy atom. The summed E-state index contributed by atoms with van der Waals surface area (Å²) in [6.45, 7) is 4.15. The summed E-state index contributed by atoms with van der Waals surface area (Å²) in [6.07, 6.45) is 4.92. The largest absolute Gasteiger partial charge is 0.481 e. The number of hydrogen-bond donors (Lipinski definition) is 2. The normalized spacial score (nSPS) is 18.9. The Morgan fingerprint density at radius 3 is 2.59 bits per heavy atom. The fourth-order valence-electron chi connectivity index (χ4n) is 5.60. The van der Waals surface area contributed by atoms with Crippen molar-refractivity contribution < 1.29 is 14.3 Å². The van der Waals surface area contributed by atoms with Gasteiger partial charge >= 0.3 is 5.97 Å². The number of rotatable bonds is 5. The highest BCUT2D eigenvalue weighted by Gasteiger charge is 2.36. The Labute approximate surface area is 197 Å². The predicted octanol–water partition coefficient (Wildman–Crippen LogP) is 6.20. The van der Waals surface area contributed by atoms with E-state index in [-0.39, 0.29) is 17.7 Å². The van der Waals surface area contributed by atoms with Crippen LogP contribution in [-0.2, 0) is 10.2 Å². The summed E-state index contributed by atoms with van der Waals surface area (Å²) >= 11 is 0. The van der Waals surface area contributed by atoms with Crippen molar-refractivity contribution in [3.63, 3.8) is 0 Å². The summed E-state index contributed by atoms with van der Waals surface area (Å²) in [5.41, 5.74) is 4.47. The van der Waals surface area contributed by atoms with Crippen molar-refractivity contribution in [2.75, 3.05) is 0 Å². The van der Waals surface area contributed by atoms with Crippen molar-refractivity contribution in [2.24, 2.45) is 5.92 Å². The smallest absolute Gasteiger partial charge is 0.306 e. The van der Waals surface area contributed by atoms with Gasteiger partial charge in [0.1, 0.15) is 5.82 Å². The topological polar surface area (TPSA) is 94.7 Å². The molecule has 0 amide bonds. The van der Waals surface area contributed by atoms with E-state index >= 15 is 0 Å². The zero-order valence-electron chi connectivity index (χ0n) is 19.3. The number of benzene rings is 2. The van der Waals surface area contributed by atoms with Gasteiger partial charge in [0, 0.05) is 34.0 Å². The molecule has 2 aromatic heterocycles. The molecule has 0 bridgehead atoms. The maximum atomic E-state index is 13.8. The molecule has 1 fully saturated rings. The van der Waals surface area contributed by atoms with Gasteiger partial charge in [0.05, 0.1) is 29.2 Å². The van der Waals surface area contributed by atoms with Crippen LogP contribution in [0.5, 0.6) is 0 Å². The fourth-order valence-corrected chi connectivity index (χ4v) is 5.60. The van der Waals surface area contributed by atoms with Gasteiger partial charge in [0.25, 0.3) is 0 Å². The summed E-state index contributed by atoms with van der Waals surface area (Å²) < 4.78 is 16.0. The van der Waals surface area contributed by atoms with E-state index < -0.39 is 11.4 Å². The van der Waals surface area contributed by atoms with Crippen molar-refractivity contribution in [3.8, 4) is 11.8 Å². The van der Waals surface area contributed by atoms with Gasteiger partial charge < -0.3 is 9.67 Å². The first-order valence-corrected chi connectivity index (χ1v) is 11.7. The van der Waals surface area contributed by atoms with Crippen molar-refractivity contribution in [1.29, 1.82) is 5.26 Å². The number of carbonyl (C=O) groups is 1. The third kappa shape index (κ3) is 3.63. The molecule has 0 atom stereocenters. The molecule has 174 valence electrons. The molecule has 2 heterocycles. The molecule has 34 heavy (non-hydrogen) atoms. The molecule has 1 aliphatic carbocycles. The van der Waals surface area contributed by atoms with E-state index in [2.05, 4.69) is 46.8 Å². The minimum atomic E-state index is -0.726. The summed E-state index contributed by atoms with van der Waals surface area (Å²) in [4.78, 5) is 11.6. The number of carboxylic acid groups (broad SMARTS) is 1. The van der Waals surface area contributed by atoms with E-state index in [1.807, 2.05) is 0 Å². The number of fused-ring (bicyclic) bond motifs is 2. The van der Waals surface area contributed by atoms with Crippen LogP contribution in [0, 0.1) is 23.1 Å². The highest BCUT2D eigenvalue weighted by Crippen LogP contribution is 2.47. The Hall–Kier alpha value is -3.66. The number of H-pyrrole nitrogens is 1. The van der Waals surface area contributed by atoms with Crippen molar-refractivity contribution in [1.82, 2.24) is 14.8 Å². The van der Waals surface area contributed by atoms with Crippen LogP contribution in [0.4, 0.5) is 4.39 Å². The number of halogens is 1. The summed E-state index contributed by atoms with van der Waals surface area (Å²) in [7, 11) is 0. The Kier molecular flexibility index (Phi) is 5.40. The number of hydrogen-bond acceptors (Lipinski definition) is 3. The maximum absolute atomic E-state index is 13.8. The lowest BCUT2D eigenvalue weighted by Crippen LogP contribution is -2.25. The SMILES string of the molecule is CC(C)(CC#N)c1c(C2CCC(C(=O)O)CC2)c2cc3[nH]ncc3cc2n1-c1ccc(F)cc1. The van der Waals surface area contributed by atoms with Gasteiger partial charge in [-0.05, 0) is 73.6 Å².